The number of nitrogens with one attached hydrogen (secondary N) is 1. The van der Waals surface area contributed by atoms with Crippen molar-refractivity contribution in [2.75, 3.05) is 13.3 Å². The molecule has 182 valence electrons. The summed E-state index contributed by atoms with van der Waals surface area (Å²) >= 11 is 0. The first-order valence-corrected chi connectivity index (χ1v) is 12.2. The van der Waals surface area contributed by atoms with Gasteiger partial charge in [-0.1, -0.05) is 44.2 Å². The molecule has 2 rings (SSSR count). The summed E-state index contributed by atoms with van der Waals surface area (Å²) in [7, 11) is -4.09. The van der Waals surface area contributed by atoms with Gasteiger partial charge in [-0.3, -0.25) is 9.63 Å². The summed E-state index contributed by atoms with van der Waals surface area (Å²) in [6.45, 7) is 8.14. The molecular formula is C24H33FN2O5S. The Labute approximate surface area is 195 Å². The lowest BCUT2D eigenvalue weighted by Gasteiger charge is -2.33. The van der Waals surface area contributed by atoms with E-state index in [1.165, 1.54) is 28.6 Å². The number of benzene rings is 2. The van der Waals surface area contributed by atoms with Gasteiger partial charge in [-0.05, 0) is 56.5 Å². The number of carbonyl (C=O) groups is 1. The highest BCUT2D eigenvalue weighted by atomic mass is 32.2. The van der Waals surface area contributed by atoms with Gasteiger partial charge in [-0.25, -0.2) is 18.3 Å². The van der Waals surface area contributed by atoms with Crippen molar-refractivity contribution in [2.45, 2.75) is 57.7 Å². The number of halogens is 1. The molecule has 0 saturated carbocycles. The number of nitrogens with zero attached hydrogens (tertiary/aromatic N) is 1. The maximum Gasteiger partial charge on any atom is 0.262 e. The number of hydrogen-bond acceptors (Lipinski definition) is 5. The zero-order chi connectivity index (χ0) is 24.6. The Kier molecular flexibility index (Phi) is 9.39. The molecule has 0 unspecified atom stereocenters. The minimum absolute atomic E-state index is 0.00113. The van der Waals surface area contributed by atoms with Gasteiger partial charge in [0.25, 0.3) is 5.91 Å². The van der Waals surface area contributed by atoms with Crippen LogP contribution in [0.2, 0.25) is 0 Å². The van der Waals surface area contributed by atoms with Gasteiger partial charge in [-0.15, -0.1) is 0 Å². The highest BCUT2D eigenvalue weighted by molar-refractivity contribution is 7.89. The molecule has 1 atom stereocenters. The van der Waals surface area contributed by atoms with E-state index >= 15 is 0 Å². The average Bonchev–Trinajstić information content (AvgIpc) is 2.76. The van der Waals surface area contributed by atoms with Crippen molar-refractivity contribution in [2.24, 2.45) is 5.92 Å². The molecule has 0 bridgehead atoms. The number of rotatable bonds is 11. The maximum atomic E-state index is 13.7. The molecular weight excluding hydrogens is 447 g/mol. The summed E-state index contributed by atoms with van der Waals surface area (Å²) < 4.78 is 46.2. The average molecular weight is 481 g/mol. The first-order chi connectivity index (χ1) is 15.5. The van der Waals surface area contributed by atoms with Gasteiger partial charge in [0.15, 0.2) is 0 Å². The molecule has 0 heterocycles. The van der Waals surface area contributed by atoms with Crippen molar-refractivity contribution in [3.8, 4) is 5.75 Å². The van der Waals surface area contributed by atoms with Crippen LogP contribution in [0.3, 0.4) is 0 Å². The largest absolute Gasteiger partial charge is 0.491 e. The molecule has 0 aliphatic carbocycles. The molecule has 2 aromatic rings. The van der Waals surface area contributed by atoms with Crippen molar-refractivity contribution in [3.05, 3.63) is 60.2 Å². The van der Waals surface area contributed by atoms with Crippen LogP contribution in [0.5, 0.6) is 5.75 Å². The molecule has 1 amide bonds. The van der Waals surface area contributed by atoms with Crippen LogP contribution in [0.25, 0.3) is 0 Å². The van der Waals surface area contributed by atoms with Gasteiger partial charge in [-0.2, -0.15) is 4.31 Å². The summed E-state index contributed by atoms with van der Waals surface area (Å²) in [6.07, 6.45) is 0. The number of alkyl halides is 1. The standard InChI is InChI=1S/C24H33FN2O5S/c1-18(2)22(23(28)26-32-24(3,4)5)27(17-19-9-7-6-8-10-19)33(29,30)21-13-11-20(12-14-21)31-16-15-25/h6-14,18,22H,15-17H2,1-5H3,(H,26,28)/t22-/m1/s1. The van der Waals surface area contributed by atoms with Crippen molar-refractivity contribution < 1.29 is 27.2 Å². The minimum Gasteiger partial charge on any atom is -0.491 e. The quantitative estimate of drug-likeness (QED) is 0.490. The third-order valence-electron chi connectivity index (χ3n) is 4.63. The molecule has 0 radical (unpaired) electrons. The van der Waals surface area contributed by atoms with E-state index in [9.17, 15) is 17.6 Å². The number of ether oxygens (including phenoxy) is 1. The van der Waals surface area contributed by atoms with Crippen LogP contribution in [0, 0.1) is 5.92 Å². The van der Waals surface area contributed by atoms with Crippen molar-refractivity contribution >= 4 is 15.9 Å². The molecule has 0 aromatic heterocycles. The van der Waals surface area contributed by atoms with Crippen LogP contribution < -0.4 is 10.2 Å². The van der Waals surface area contributed by atoms with Gasteiger partial charge in [0.1, 0.15) is 25.1 Å². The predicted octanol–water partition coefficient (Wildman–Crippen LogP) is 4.10. The van der Waals surface area contributed by atoms with Crippen molar-refractivity contribution in [1.29, 1.82) is 0 Å². The third-order valence-corrected chi connectivity index (χ3v) is 6.47. The third kappa shape index (κ3) is 7.80. The number of amides is 1. The number of sulfonamides is 1. The normalized spacial score (nSPS) is 13.2. The molecule has 9 heteroatoms. The molecule has 33 heavy (non-hydrogen) atoms. The number of hydroxylamine groups is 1. The van der Waals surface area contributed by atoms with Gasteiger partial charge in [0, 0.05) is 6.54 Å². The monoisotopic (exact) mass is 480 g/mol. The SMILES string of the molecule is CC(C)[C@H](C(=O)NOC(C)(C)C)N(Cc1ccccc1)S(=O)(=O)c1ccc(OCCF)cc1. The van der Waals surface area contributed by atoms with E-state index in [1.807, 2.05) is 18.2 Å². The van der Waals surface area contributed by atoms with E-state index < -0.39 is 34.2 Å². The molecule has 0 aliphatic heterocycles. The van der Waals surface area contributed by atoms with Gasteiger partial charge >= 0.3 is 0 Å². The van der Waals surface area contributed by atoms with E-state index in [4.69, 9.17) is 9.57 Å². The van der Waals surface area contributed by atoms with E-state index in [0.717, 1.165) is 5.56 Å². The van der Waals surface area contributed by atoms with Crippen molar-refractivity contribution in [3.63, 3.8) is 0 Å². The van der Waals surface area contributed by atoms with E-state index in [1.54, 1.807) is 46.8 Å². The second-order valence-electron chi connectivity index (χ2n) is 8.91. The van der Waals surface area contributed by atoms with Gasteiger partial charge in [0.2, 0.25) is 10.0 Å². The Morgan fingerprint density at radius 1 is 1.06 bits per heavy atom. The van der Waals surface area contributed by atoms with Crippen LogP contribution >= 0.6 is 0 Å². The van der Waals surface area contributed by atoms with Crippen LogP contribution in [-0.4, -0.2) is 43.6 Å². The molecule has 7 nitrogen and oxygen atoms in total. The van der Waals surface area contributed by atoms with Gasteiger partial charge in [0.05, 0.1) is 10.5 Å². The number of hydrogen-bond donors (Lipinski definition) is 1. The maximum absolute atomic E-state index is 13.7. The van der Waals surface area contributed by atoms with Crippen LogP contribution in [0.15, 0.2) is 59.5 Å². The van der Waals surface area contributed by atoms with E-state index in [2.05, 4.69) is 5.48 Å². The summed E-state index contributed by atoms with van der Waals surface area (Å²) in [5.41, 5.74) is 2.52. The molecule has 0 saturated heterocycles. The zero-order valence-electron chi connectivity index (χ0n) is 19.7. The topological polar surface area (TPSA) is 84.9 Å². The fourth-order valence-corrected chi connectivity index (χ4v) is 4.83. The van der Waals surface area contributed by atoms with Gasteiger partial charge < -0.3 is 4.74 Å². The van der Waals surface area contributed by atoms with Crippen LogP contribution in [-0.2, 0) is 26.2 Å². The lowest BCUT2D eigenvalue weighted by atomic mass is 10.0. The summed E-state index contributed by atoms with van der Waals surface area (Å²) in [5, 5.41) is 0. The molecule has 0 fully saturated rings. The van der Waals surface area contributed by atoms with Crippen LogP contribution in [0.4, 0.5) is 4.39 Å². The molecule has 0 spiro atoms. The van der Waals surface area contributed by atoms with E-state index in [0.29, 0.717) is 5.75 Å². The summed E-state index contributed by atoms with van der Waals surface area (Å²) in [6, 6.07) is 13.8. The summed E-state index contributed by atoms with van der Waals surface area (Å²) in [4.78, 5) is 18.5. The Hall–Kier alpha value is -2.49. The van der Waals surface area contributed by atoms with Crippen LogP contribution in [0.1, 0.15) is 40.2 Å². The second kappa shape index (κ2) is 11.6. The molecule has 2 aromatic carbocycles. The summed E-state index contributed by atoms with van der Waals surface area (Å²) in [5.74, 6) is -0.542. The first-order valence-electron chi connectivity index (χ1n) is 10.8. The Morgan fingerprint density at radius 3 is 2.18 bits per heavy atom. The van der Waals surface area contributed by atoms with E-state index in [-0.39, 0.29) is 24.0 Å². The number of carbonyl (C=O) groups excluding carboxylic acids is 1. The smallest absolute Gasteiger partial charge is 0.262 e. The predicted molar refractivity (Wildman–Crippen MR) is 125 cm³/mol. The first kappa shape index (κ1) is 26.8. The fraction of sp³-hybridized carbons (Fsp3) is 0.458. The Morgan fingerprint density at radius 2 is 1.67 bits per heavy atom. The fourth-order valence-electron chi connectivity index (χ4n) is 3.13. The lowest BCUT2D eigenvalue weighted by Crippen LogP contribution is -2.52. The Balaban J connectivity index is 2.45. The lowest BCUT2D eigenvalue weighted by molar-refractivity contribution is -0.151. The highest BCUT2D eigenvalue weighted by Gasteiger charge is 2.38. The van der Waals surface area contributed by atoms with Crippen molar-refractivity contribution in [1.82, 2.24) is 9.79 Å². The zero-order valence-corrected chi connectivity index (χ0v) is 20.6. The highest BCUT2D eigenvalue weighted by Crippen LogP contribution is 2.26. The molecule has 1 N–H and O–H groups in total. The molecule has 0 aliphatic rings. The second-order valence-corrected chi connectivity index (χ2v) is 10.8. The minimum atomic E-state index is -4.09. The Bertz CT molecular complexity index is 990.